The van der Waals surface area contributed by atoms with Gasteiger partial charge in [0.05, 0.1) is 23.7 Å². The molecule has 8 heteroatoms. The van der Waals surface area contributed by atoms with Crippen molar-refractivity contribution in [3.8, 4) is 17.2 Å². The number of para-hydroxylation sites is 1. The first-order chi connectivity index (χ1) is 20.9. The van der Waals surface area contributed by atoms with E-state index in [9.17, 15) is 19.5 Å². The number of nitrogens with one attached hydrogen (secondary N) is 1. The summed E-state index contributed by atoms with van der Waals surface area (Å²) in [6, 6.07) is 30.2. The van der Waals surface area contributed by atoms with Gasteiger partial charge in [-0.2, -0.15) is 0 Å². The van der Waals surface area contributed by atoms with Gasteiger partial charge in [0, 0.05) is 12.6 Å². The van der Waals surface area contributed by atoms with Crippen LogP contribution in [0.1, 0.15) is 52.0 Å². The van der Waals surface area contributed by atoms with Crippen molar-refractivity contribution in [1.82, 2.24) is 5.32 Å². The number of hydrogen-bond acceptors (Lipinski definition) is 5. The van der Waals surface area contributed by atoms with Crippen molar-refractivity contribution in [2.24, 2.45) is 0 Å². The van der Waals surface area contributed by atoms with E-state index in [0.29, 0.717) is 28.5 Å². The average Bonchev–Trinajstić information content (AvgIpc) is 3.04. The number of rotatable bonds is 10. The number of carboxylic acids is 1. The molecule has 0 aromatic heterocycles. The van der Waals surface area contributed by atoms with E-state index in [0.717, 1.165) is 31.2 Å². The predicted molar refractivity (Wildman–Crippen MR) is 164 cm³/mol. The second-order valence-corrected chi connectivity index (χ2v) is 10.6. The largest absolute Gasteiger partial charge is 0.488 e. The van der Waals surface area contributed by atoms with Crippen molar-refractivity contribution >= 4 is 23.5 Å². The van der Waals surface area contributed by atoms with E-state index in [1.807, 2.05) is 66.7 Å². The van der Waals surface area contributed by atoms with Gasteiger partial charge in [-0.3, -0.25) is 9.59 Å². The molecule has 1 saturated carbocycles. The summed E-state index contributed by atoms with van der Waals surface area (Å²) in [5, 5.41) is 12.6. The minimum absolute atomic E-state index is 0.0607. The summed E-state index contributed by atoms with van der Waals surface area (Å²) >= 11 is 0. The molecule has 0 radical (unpaired) electrons. The van der Waals surface area contributed by atoms with Crippen LogP contribution in [0.3, 0.4) is 0 Å². The fourth-order valence-corrected chi connectivity index (χ4v) is 5.19. The lowest BCUT2D eigenvalue weighted by molar-refractivity contribution is -0.117. The Morgan fingerprint density at radius 2 is 1.40 bits per heavy atom. The van der Waals surface area contributed by atoms with Gasteiger partial charge in [0.15, 0.2) is 0 Å². The van der Waals surface area contributed by atoms with Crippen molar-refractivity contribution in [1.29, 1.82) is 0 Å². The molecule has 8 nitrogen and oxygen atoms in total. The number of aromatic carboxylic acids is 1. The number of amides is 2. The molecule has 220 valence electrons. The van der Waals surface area contributed by atoms with Crippen LogP contribution in [0.4, 0.5) is 5.69 Å². The summed E-state index contributed by atoms with van der Waals surface area (Å²) in [6.45, 7) is 0. The number of hydrogen-bond donors (Lipinski definition) is 2. The molecule has 5 rings (SSSR count). The highest BCUT2D eigenvalue weighted by Gasteiger charge is 2.28. The molecular formula is C35H34N2O6. The summed E-state index contributed by atoms with van der Waals surface area (Å²) in [7, 11) is 1.57. The number of likely N-dealkylation sites (N-methyl/N-ethyl adjacent to an activating group) is 1. The molecule has 1 aliphatic rings. The topological polar surface area (TPSA) is 105 Å². The summed E-state index contributed by atoms with van der Waals surface area (Å²) in [4.78, 5) is 38.4. The normalized spacial score (nSPS) is 16.1. The standard InChI is InChI=1S/C35H34N2O6/c1-37(31-13-7-5-11-29(31)35(40)41)33(38)23-24-15-17-26(18-16-24)42-27-19-21-28(22-20-27)43-32-14-8-6-12-30(32)36-34(39)25-9-3-2-4-10-25/h2-5,7,9-11,13,15-22,30,32H,6,8,12,14,23H2,1H3,(H,36,39)(H,40,41). The molecule has 0 saturated heterocycles. The van der Waals surface area contributed by atoms with Gasteiger partial charge in [-0.15, -0.1) is 0 Å². The quantitative estimate of drug-likeness (QED) is 0.223. The van der Waals surface area contributed by atoms with Crippen LogP contribution in [0.25, 0.3) is 0 Å². The number of anilines is 1. The van der Waals surface area contributed by atoms with E-state index in [4.69, 9.17) is 9.47 Å². The second kappa shape index (κ2) is 13.7. The van der Waals surface area contributed by atoms with E-state index in [-0.39, 0.29) is 35.9 Å². The van der Waals surface area contributed by atoms with Crippen LogP contribution >= 0.6 is 0 Å². The summed E-state index contributed by atoms with van der Waals surface area (Å²) in [6.07, 6.45) is 3.85. The number of nitrogens with zero attached hydrogens (tertiary/aromatic N) is 1. The maximum atomic E-state index is 12.8. The zero-order chi connectivity index (χ0) is 30.2. The number of benzene rings is 4. The van der Waals surface area contributed by atoms with Gasteiger partial charge >= 0.3 is 5.97 Å². The molecule has 0 bridgehead atoms. The van der Waals surface area contributed by atoms with Gasteiger partial charge in [-0.1, -0.05) is 48.9 Å². The highest BCUT2D eigenvalue weighted by molar-refractivity contribution is 6.02. The Balaban J connectivity index is 1.15. The number of carboxylic acid groups (broad SMARTS) is 1. The molecule has 0 heterocycles. The van der Waals surface area contributed by atoms with Crippen molar-refractivity contribution in [2.45, 2.75) is 44.2 Å². The van der Waals surface area contributed by atoms with E-state index in [2.05, 4.69) is 5.32 Å². The highest BCUT2D eigenvalue weighted by atomic mass is 16.5. The van der Waals surface area contributed by atoms with Crippen LogP contribution in [-0.4, -0.2) is 42.1 Å². The van der Waals surface area contributed by atoms with Gasteiger partial charge in [-0.05, 0) is 85.5 Å². The Labute approximate surface area is 250 Å². The summed E-state index contributed by atoms with van der Waals surface area (Å²) < 4.78 is 12.3. The maximum Gasteiger partial charge on any atom is 0.337 e. The highest BCUT2D eigenvalue weighted by Crippen LogP contribution is 2.28. The molecule has 2 amide bonds. The van der Waals surface area contributed by atoms with Crippen molar-refractivity contribution in [2.75, 3.05) is 11.9 Å². The maximum absolute atomic E-state index is 12.8. The molecule has 2 N–H and O–H groups in total. The Morgan fingerprint density at radius 3 is 2.09 bits per heavy atom. The SMILES string of the molecule is CN(C(=O)Cc1ccc(Oc2ccc(OC3CCCCC3NC(=O)c3ccccc3)cc2)cc1)c1ccccc1C(=O)O. The van der Waals surface area contributed by atoms with Crippen LogP contribution < -0.4 is 19.7 Å². The van der Waals surface area contributed by atoms with Crippen LogP contribution in [-0.2, 0) is 11.2 Å². The molecular weight excluding hydrogens is 544 g/mol. The Kier molecular flexibility index (Phi) is 9.36. The van der Waals surface area contributed by atoms with Crippen LogP contribution in [0.5, 0.6) is 17.2 Å². The van der Waals surface area contributed by atoms with Crippen molar-refractivity contribution < 1.29 is 29.0 Å². The Hall–Kier alpha value is -5.11. The second-order valence-electron chi connectivity index (χ2n) is 10.6. The molecule has 1 fully saturated rings. The van der Waals surface area contributed by atoms with E-state index in [1.54, 1.807) is 37.4 Å². The Morgan fingerprint density at radius 1 is 0.791 bits per heavy atom. The lowest BCUT2D eigenvalue weighted by Gasteiger charge is -2.32. The van der Waals surface area contributed by atoms with Crippen molar-refractivity contribution in [3.05, 3.63) is 120 Å². The number of ether oxygens (including phenoxy) is 2. The smallest absolute Gasteiger partial charge is 0.337 e. The third kappa shape index (κ3) is 7.60. The number of carbonyl (C=O) groups excluding carboxylic acids is 2. The van der Waals surface area contributed by atoms with Gasteiger partial charge in [0.2, 0.25) is 5.91 Å². The van der Waals surface area contributed by atoms with Gasteiger partial charge in [0.1, 0.15) is 23.4 Å². The molecule has 2 atom stereocenters. The fraction of sp³-hybridized carbons (Fsp3) is 0.229. The molecule has 0 spiro atoms. The molecule has 0 aliphatic heterocycles. The summed E-state index contributed by atoms with van der Waals surface area (Å²) in [5.74, 6) is 0.570. The monoisotopic (exact) mass is 578 g/mol. The van der Waals surface area contributed by atoms with Crippen LogP contribution in [0.15, 0.2) is 103 Å². The first kappa shape index (κ1) is 29.4. The molecule has 2 unspecified atom stereocenters. The van der Waals surface area contributed by atoms with E-state index < -0.39 is 5.97 Å². The minimum Gasteiger partial charge on any atom is -0.488 e. The predicted octanol–water partition coefficient (Wildman–Crippen LogP) is 6.50. The zero-order valence-corrected chi connectivity index (χ0v) is 23.9. The molecule has 4 aromatic rings. The zero-order valence-electron chi connectivity index (χ0n) is 23.9. The third-order valence-electron chi connectivity index (χ3n) is 7.55. The first-order valence-corrected chi connectivity index (χ1v) is 14.4. The van der Waals surface area contributed by atoms with Gasteiger partial charge < -0.3 is 24.8 Å². The number of carbonyl (C=O) groups is 3. The minimum atomic E-state index is -1.08. The lowest BCUT2D eigenvalue weighted by atomic mass is 9.92. The average molecular weight is 579 g/mol. The van der Waals surface area contributed by atoms with Crippen LogP contribution in [0.2, 0.25) is 0 Å². The molecule has 4 aromatic carbocycles. The molecule has 43 heavy (non-hydrogen) atoms. The molecule has 1 aliphatic carbocycles. The summed E-state index contributed by atoms with van der Waals surface area (Å²) in [5.41, 5.74) is 1.85. The van der Waals surface area contributed by atoms with Gasteiger partial charge in [-0.25, -0.2) is 4.79 Å². The van der Waals surface area contributed by atoms with Crippen molar-refractivity contribution in [3.63, 3.8) is 0 Å². The fourth-order valence-electron chi connectivity index (χ4n) is 5.19. The van der Waals surface area contributed by atoms with Crippen LogP contribution in [0, 0.1) is 0 Å². The van der Waals surface area contributed by atoms with E-state index >= 15 is 0 Å². The van der Waals surface area contributed by atoms with E-state index in [1.165, 1.54) is 11.0 Å². The van der Waals surface area contributed by atoms with Gasteiger partial charge in [0.25, 0.3) is 5.91 Å². The Bertz CT molecular complexity index is 1550. The first-order valence-electron chi connectivity index (χ1n) is 14.4. The third-order valence-corrected chi connectivity index (χ3v) is 7.55. The lowest BCUT2D eigenvalue weighted by Crippen LogP contribution is -2.47.